The summed E-state index contributed by atoms with van der Waals surface area (Å²) in [6.07, 6.45) is 0.594. The average molecular weight is 392 g/mol. The van der Waals surface area contributed by atoms with Crippen molar-refractivity contribution in [3.05, 3.63) is 35.9 Å². The van der Waals surface area contributed by atoms with Gasteiger partial charge < -0.3 is 15.4 Å². The van der Waals surface area contributed by atoms with E-state index in [0.29, 0.717) is 29.3 Å². The van der Waals surface area contributed by atoms with Crippen LogP contribution in [0.3, 0.4) is 0 Å². The van der Waals surface area contributed by atoms with Crippen molar-refractivity contribution >= 4 is 34.2 Å². The van der Waals surface area contributed by atoms with Crippen LogP contribution in [0, 0.1) is 0 Å². The molecular weight excluding hydrogens is 368 g/mol. The number of hydrogen-bond donors (Lipinski definition) is 2. The average Bonchev–Trinajstić information content (AvgIpc) is 3.09. The molecule has 1 aromatic carbocycles. The van der Waals surface area contributed by atoms with Gasteiger partial charge in [0, 0.05) is 12.1 Å². The van der Waals surface area contributed by atoms with Gasteiger partial charge in [-0.05, 0) is 36.5 Å². The van der Waals surface area contributed by atoms with Crippen LogP contribution in [0.15, 0.2) is 39.9 Å². The van der Waals surface area contributed by atoms with Gasteiger partial charge in [0.15, 0.2) is 6.04 Å². The minimum Gasteiger partial charge on any atom is -0.464 e. The molecular formula is C18H24N4O4S. The molecule has 27 heavy (non-hydrogen) atoms. The number of esters is 1. The zero-order valence-corrected chi connectivity index (χ0v) is 16.3. The molecule has 0 aliphatic carbocycles. The van der Waals surface area contributed by atoms with Crippen molar-refractivity contribution in [1.29, 1.82) is 0 Å². The van der Waals surface area contributed by atoms with Gasteiger partial charge in [-0.15, -0.1) is 4.47 Å². The number of hydrogen-bond acceptors (Lipinski definition) is 5. The van der Waals surface area contributed by atoms with Gasteiger partial charge in [-0.1, -0.05) is 30.3 Å². The third kappa shape index (κ3) is 6.93. The molecule has 1 aliphatic heterocycles. The quantitative estimate of drug-likeness (QED) is 0.396. The van der Waals surface area contributed by atoms with Gasteiger partial charge in [0.25, 0.3) is 0 Å². The molecule has 2 rings (SSSR count). The Hall–Kier alpha value is -2.55. The first-order chi connectivity index (χ1) is 13.0. The molecule has 8 nitrogen and oxygen atoms in total. The molecule has 2 N–H and O–H groups in total. The zero-order chi connectivity index (χ0) is 19.6. The molecule has 1 aliphatic rings. The van der Waals surface area contributed by atoms with Crippen LogP contribution in [0.2, 0.25) is 0 Å². The maximum Gasteiger partial charge on any atom is 0.333 e. The third-order valence-electron chi connectivity index (χ3n) is 3.74. The largest absolute Gasteiger partial charge is 0.464 e. The standard InChI is InChI=1S/C18H24N4O4S/c1-3-26-18(25)17(14-7-5-4-6-8-14)20-15(23)10-9-13(2)21-22-27-11-16(24)19-12-27/h4-8,17H,3,9-12H2,1-2H3,(H,19,24)(H,20,23)/b21-13+. The molecule has 146 valence electrons. The van der Waals surface area contributed by atoms with Crippen molar-refractivity contribution in [3.63, 3.8) is 0 Å². The third-order valence-corrected chi connectivity index (χ3v) is 5.12. The van der Waals surface area contributed by atoms with E-state index in [1.807, 2.05) is 6.07 Å². The van der Waals surface area contributed by atoms with Gasteiger partial charge in [0.05, 0.1) is 18.2 Å². The van der Waals surface area contributed by atoms with Crippen molar-refractivity contribution in [3.8, 4) is 0 Å². The fourth-order valence-electron chi connectivity index (χ4n) is 2.33. The van der Waals surface area contributed by atoms with E-state index in [-0.39, 0.29) is 24.8 Å². The highest BCUT2D eigenvalue weighted by Gasteiger charge is 2.23. The van der Waals surface area contributed by atoms with Gasteiger partial charge in [-0.2, -0.15) is 5.10 Å². The van der Waals surface area contributed by atoms with Gasteiger partial charge >= 0.3 is 5.97 Å². The topological polar surface area (TPSA) is 109 Å². The number of rotatable bonds is 8. The Balaban J connectivity index is 1.91. The van der Waals surface area contributed by atoms with E-state index in [1.54, 1.807) is 38.1 Å². The Morgan fingerprint density at radius 1 is 1.30 bits per heavy atom. The summed E-state index contributed by atoms with van der Waals surface area (Å²) in [5, 5.41) is 9.53. The van der Waals surface area contributed by atoms with Crippen molar-refractivity contribution in [1.82, 2.24) is 10.6 Å². The molecule has 0 spiro atoms. The number of amides is 2. The van der Waals surface area contributed by atoms with E-state index >= 15 is 0 Å². The molecule has 0 radical (unpaired) electrons. The molecule has 0 aromatic heterocycles. The van der Waals surface area contributed by atoms with E-state index in [9.17, 15) is 14.4 Å². The molecule has 1 aromatic rings. The van der Waals surface area contributed by atoms with Crippen LogP contribution in [0.4, 0.5) is 0 Å². The van der Waals surface area contributed by atoms with Gasteiger partial charge in [0.1, 0.15) is 0 Å². The fraction of sp³-hybridized carbons (Fsp3) is 0.444. The van der Waals surface area contributed by atoms with E-state index in [0.717, 1.165) is 0 Å². The highest BCUT2D eigenvalue weighted by atomic mass is 32.2. The first-order valence-electron chi connectivity index (χ1n) is 8.69. The van der Waals surface area contributed by atoms with Crippen LogP contribution in [0.25, 0.3) is 0 Å². The lowest BCUT2D eigenvalue weighted by Gasteiger charge is -2.17. The lowest BCUT2D eigenvalue weighted by atomic mass is 10.1. The summed E-state index contributed by atoms with van der Waals surface area (Å²) in [4.78, 5) is 35.6. The summed E-state index contributed by atoms with van der Waals surface area (Å²) in [6.45, 7) is 3.75. The second-order valence-corrected chi connectivity index (χ2v) is 7.60. The summed E-state index contributed by atoms with van der Waals surface area (Å²) in [7, 11) is -0.420. The molecule has 1 heterocycles. The number of benzene rings is 1. The predicted molar refractivity (Wildman–Crippen MR) is 104 cm³/mol. The number of carbonyl (C=O) groups excluding carboxylic acids is 3. The molecule has 2 atom stereocenters. The maximum absolute atomic E-state index is 12.3. The van der Waals surface area contributed by atoms with E-state index in [1.165, 1.54) is 0 Å². The Morgan fingerprint density at radius 3 is 2.67 bits per heavy atom. The number of nitrogens with one attached hydrogen (secondary N) is 2. The summed E-state index contributed by atoms with van der Waals surface area (Å²) in [5.41, 5.74) is 1.37. The Bertz CT molecular complexity index is 749. The van der Waals surface area contributed by atoms with Gasteiger partial charge in [-0.25, -0.2) is 4.79 Å². The lowest BCUT2D eigenvalue weighted by Crippen LogP contribution is -2.35. The molecule has 0 saturated carbocycles. The van der Waals surface area contributed by atoms with Gasteiger partial charge in [-0.3, -0.25) is 9.59 Å². The molecule has 0 bridgehead atoms. The molecule has 1 fully saturated rings. The minimum atomic E-state index is -0.836. The van der Waals surface area contributed by atoms with E-state index in [2.05, 4.69) is 20.2 Å². The summed E-state index contributed by atoms with van der Waals surface area (Å²) in [6, 6.07) is 8.14. The first kappa shape index (κ1) is 20.8. The number of nitrogens with zero attached hydrogens (tertiary/aromatic N) is 2. The summed E-state index contributed by atoms with van der Waals surface area (Å²) in [5.74, 6) is 0.119. The van der Waals surface area contributed by atoms with Gasteiger partial charge in [0.2, 0.25) is 11.8 Å². The van der Waals surface area contributed by atoms with E-state index in [4.69, 9.17) is 4.74 Å². The van der Waals surface area contributed by atoms with Crippen LogP contribution in [-0.4, -0.2) is 41.7 Å². The normalized spacial score (nSPS) is 18.1. The molecule has 1 saturated heterocycles. The van der Waals surface area contributed by atoms with Crippen molar-refractivity contribution in [2.75, 3.05) is 18.2 Å². The van der Waals surface area contributed by atoms with Crippen LogP contribution < -0.4 is 10.6 Å². The number of carbonyl (C=O) groups is 3. The smallest absolute Gasteiger partial charge is 0.333 e. The molecule has 2 unspecified atom stereocenters. The second-order valence-electron chi connectivity index (χ2n) is 5.93. The Labute approximate surface area is 160 Å². The first-order valence-corrected chi connectivity index (χ1v) is 10.2. The van der Waals surface area contributed by atoms with Crippen LogP contribution in [0.1, 0.15) is 38.3 Å². The van der Waals surface area contributed by atoms with E-state index < -0.39 is 22.7 Å². The Kier molecular flexibility index (Phi) is 8.12. The lowest BCUT2D eigenvalue weighted by molar-refractivity contribution is -0.147. The highest BCUT2D eigenvalue weighted by Crippen LogP contribution is 2.15. The zero-order valence-electron chi connectivity index (χ0n) is 15.4. The van der Waals surface area contributed by atoms with Crippen molar-refractivity contribution in [2.45, 2.75) is 32.7 Å². The minimum absolute atomic E-state index is 0.0137. The summed E-state index contributed by atoms with van der Waals surface area (Å²) < 4.78 is 9.20. The van der Waals surface area contributed by atoms with Crippen LogP contribution in [0.5, 0.6) is 0 Å². The second kappa shape index (κ2) is 10.6. The van der Waals surface area contributed by atoms with Crippen molar-refractivity contribution < 1.29 is 19.1 Å². The van der Waals surface area contributed by atoms with Crippen LogP contribution in [-0.2, 0) is 29.8 Å². The highest BCUT2D eigenvalue weighted by molar-refractivity contribution is 7.88. The Morgan fingerprint density at radius 2 is 2.04 bits per heavy atom. The van der Waals surface area contributed by atoms with Crippen LogP contribution >= 0.6 is 0 Å². The molecule has 9 heteroatoms. The SMILES string of the molecule is CCOC(=O)C(NC(=O)CC/C(C)=N/N=S1\CNC(=O)C1)c1ccccc1. The fourth-order valence-corrected chi connectivity index (χ4v) is 3.53. The summed E-state index contributed by atoms with van der Waals surface area (Å²) >= 11 is 0. The monoisotopic (exact) mass is 392 g/mol. The number of ether oxygens (including phenoxy) is 1. The maximum atomic E-state index is 12.3. The predicted octanol–water partition coefficient (Wildman–Crippen LogP) is 1.45. The van der Waals surface area contributed by atoms with Crippen molar-refractivity contribution in [2.24, 2.45) is 9.57 Å². The molecule has 2 amide bonds.